The van der Waals surface area contributed by atoms with Crippen molar-refractivity contribution in [2.45, 2.75) is 18.8 Å². The first-order valence-corrected chi connectivity index (χ1v) is 10.5. The summed E-state index contributed by atoms with van der Waals surface area (Å²) >= 11 is 0. The summed E-state index contributed by atoms with van der Waals surface area (Å²) in [5.74, 6) is -1.30. The Labute approximate surface area is 184 Å². The van der Waals surface area contributed by atoms with E-state index in [0.29, 0.717) is 18.8 Å². The number of aromatic nitrogens is 2. The molecule has 3 aromatic carbocycles. The summed E-state index contributed by atoms with van der Waals surface area (Å²) in [5, 5.41) is 12.3. The van der Waals surface area contributed by atoms with Crippen LogP contribution in [0.4, 0.5) is 20.4 Å². The lowest BCUT2D eigenvalue weighted by atomic mass is 9.78. The fourth-order valence-corrected chi connectivity index (χ4v) is 4.24. The Hall–Kier alpha value is -3.64. The molecule has 1 aliphatic carbocycles. The molecule has 0 bridgehead atoms. The minimum absolute atomic E-state index is 0.102. The molecule has 0 radical (unpaired) electrons. The van der Waals surface area contributed by atoms with E-state index in [0.717, 1.165) is 39.2 Å². The van der Waals surface area contributed by atoms with Crippen LogP contribution in [0.15, 0.2) is 72.9 Å². The summed E-state index contributed by atoms with van der Waals surface area (Å²) < 4.78 is 27.4. The van der Waals surface area contributed by atoms with E-state index in [9.17, 15) is 8.78 Å². The summed E-state index contributed by atoms with van der Waals surface area (Å²) in [7, 11) is 0. The van der Waals surface area contributed by atoms with Gasteiger partial charge in [0.1, 0.15) is 0 Å². The zero-order valence-corrected chi connectivity index (χ0v) is 17.2. The molecule has 0 unspecified atom stereocenters. The van der Waals surface area contributed by atoms with E-state index in [1.54, 1.807) is 12.3 Å². The third-order valence-corrected chi connectivity index (χ3v) is 5.84. The number of hydrogen-bond donors (Lipinski definition) is 2. The summed E-state index contributed by atoms with van der Waals surface area (Å²) in [6.07, 6.45) is 3.02. The Morgan fingerprint density at radius 1 is 0.969 bits per heavy atom. The second kappa shape index (κ2) is 8.48. The predicted octanol–water partition coefficient (Wildman–Crippen LogP) is 5.39. The third-order valence-electron chi connectivity index (χ3n) is 5.84. The zero-order valence-electron chi connectivity index (χ0n) is 17.2. The Morgan fingerprint density at radius 3 is 2.56 bits per heavy atom. The van der Waals surface area contributed by atoms with Gasteiger partial charge >= 0.3 is 0 Å². The lowest BCUT2D eigenvalue weighted by molar-refractivity contribution is 0.299. The van der Waals surface area contributed by atoms with Gasteiger partial charge in [0, 0.05) is 30.0 Å². The van der Waals surface area contributed by atoms with Crippen LogP contribution in [0.2, 0.25) is 0 Å². The van der Waals surface area contributed by atoms with Crippen molar-refractivity contribution < 1.29 is 13.9 Å². The summed E-state index contributed by atoms with van der Waals surface area (Å²) in [6, 6.07) is 19.8. The van der Waals surface area contributed by atoms with Gasteiger partial charge in [0.2, 0.25) is 5.95 Å². The van der Waals surface area contributed by atoms with Crippen LogP contribution in [0.3, 0.4) is 0 Å². The van der Waals surface area contributed by atoms with E-state index >= 15 is 0 Å². The fraction of sp³-hybridized carbons (Fsp3) is 0.154. The third kappa shape index (κ3) is 3.85. The van der Waals surface area contributed by atoms with Crippen molar-refractivity contribution in [3.8, 4) is 11.3 Å². The summed E-state index contributed by atoms with van der Waals surface area (Å²) in [4.78, 5) is 9.25. The minimum atomic E-state index is -0.846. The number of hydrogen-bond acceptors (Lipinski definition) is 4. The van der Waals surface area contributed by atoms with Crippen molar-refractivity contribution in [1.82, 2.24) is 9.97 Å². The molecule has 6 heteroatoms. The van der Waals surface area contributed by atoms with Crippen LogP contribution in [-0.2, 0) is 12.8 Å². The van der Waals surface area contributed by atoms with Crippen LogP contribution in [0.5, 0.6) is 0 Å². The van der Waals surface area contributed by atoms with E-state index in [1.165, 1.54) is 12.1 Å². The number of nitrogens with zero attached hydrogens (tertiary/aromatic N) is 2. The molecule has 1 aromatic heterocycles. The Balaban J connectivity index is 1.48. The highest BCUT2D eigenvalue weighted by Crippen LogP contribution is 2.42. The van der Waals surface area contributed by atoms with Crippen molar-refractivity contribution in [2.24, 2.45) is 0 Å². The maximum absolute atomic E-state index is 13.9. The average Bonchev–Trinajstić information content (AvgIpc) is 2.82. The van der Waals surface area contributed by atoms with Crippen molar-refractivity contribution in [3.05, 3.63) is 107 Å². The number of fused-ring (bicyclic) bond motifs is 3. The van der Waals surface area contributed by atoms with Crippen LogP contribution in [-0.4, -0.2) is 21.7 Å². The Morgan fingerprint density at radius 2 is 1.78 bits per heavy atom. The van der Waals surface area contributed by atoms with Gasteiger partial charge < -0.3 is 10.4 Å². The molecule has 1 atom stereocenters. The highest BCUT2D eigenvalue weighted by molar-refractivity contribution is 5.73. The lowest BCUT2D eigenvalue weighted by Gasteiger charge is -2.27. The molecule has 0 fully saturated rings. The van der Waals surface area contributed by atoms with E-state index in [1.807, 2.05) is 48.5 Å². The number of nitrogens with one attached hydrogen (secondary N) is 1. The van der Waals surface area contributed by atoms with E-state index in [-0.39, 0.29) is 12.5 Å². The first kappa shape index (κ1) is 20.3. The van der Waals surface area contributed by atoms with Gasteiger partial charge in [0.15, 0.2) is 11.6 Å². The highest BCUT2D eigenvalue weighted by atomic mass is 19.2. The molecule has 0 spiro atoms. The molecule has 0 saturated heterocycles. The number of anilines is 2. The predicted molar refractivity (Wildman–Crippen MR) is 120 cm³/mol. The van der Waals surface area contributed by atoms with Crippen molar-refractivity contribution >= 4 is 11.6 Å². The topological polar surface area (TPSA) is 58.0 Å². The quantitative estimate of drug-likeness (QED) is 0.447. The second-order valence-electron chi connectivity index (χ2n) is 7.88. The molecular formula is C26H21F2N3O. The fourth-order valence-electron chi connectivity index (χ4n) is 4.24. The Kier molecular flexibility index (Phi) is 5.37. The molecule has 2 N–H and O–H groups in total. The number of halogens is 2. The van der Waals surface area contributed by atoms with Crippen LogP contribution in [0.25, 0.3) is 11.3 Å². The standard InChI is InChI=1S/C26H21F2N3O/c27-23-10-7-17(14-24(23)28)22-13-18-15-29-26(30-19-8-5-16(6-9-19)11-12-32)31-25(18)21-4-2-1-3-20(21)22/h1-10,14-15,22,32H,11-13H2,(H,29,30,31)/t22-/m1/s1. The van der Waals surface area contributed by atoms with Crippen molar-refractivity contribution in [1.29, 1.82) is 0 Å². The van der Waals surface area contributed by atoms with Gasteiger partial charge in [-0.25, -0.2) is 18.7 Å². The monoisotopic (exact) mass is 429 g/mol. The van der Waals surface area contributed by atoms with Crippen molar-refractivity contribution in [3.63, 3.8) is 0 Å². The lowest BCUT2D eigenvalue weighted by Crippen LogP contribution is -2.15. The molecule has 4 nitrogen and oxygen atoms in total. The number of benzene rings is 3. The highest BCUT2D eigenvalue weighted by Gasteiger charge is 2.28. The minimum Gasteiger partial charge on any atom is -0.396 e. The van der Waals surface area contributed by atoms with Crippen LogP contribution in [0, 0.1) is 11.6 Å². The zero-order chi connectivity index (χ0) is 22.1. The van der Waals surface area contributed by atoms with Gasteiger partial charge in [-0.05, 0) is 59.4 Å². The first-order valence-electron chi connectivity index (χ1n) is 10.5. The van der Waals surface area contributed by atoms with Gasteiger partial charge in [-0.1, -0.05) is 42.5 Å². The van der Waals surface area contributed by atoms with Gasteiger partial charge in [0.25, 0.3) is 0 Å². The SMILES string of the molecule is OCCc1ccc(Nc2ncc3c(n2)-c2ccccc2[C@@H](c2ccc(F)c(F)c2)C3)cc1. The van der Waals surface area contributed by atoms with E-state index in [4.69, 9.17) is 10.1 Å². The molecule has 32 heavy (non-hydrogen) atoms. The van der Waals surface area contributed by atoms with Gasteiger partial charge in [-0.15, -0.1) is 0 Å². The molecule has 1 heterocycles. The summed E-state index contributed by atoms with van der Waals surface area (Å²) in [5.41, 5.74) is 6.44. The smallest absolute Gasteiger partial charge is 0.227 e. The van der Waals surface area contributed by atoms with Crippen LogP contribution < -0.4 is 5.32 Å². The molecule has 160 valence electrons. The number of aliphatic hydroxyl groups is 1. The molecule has 4 aromatic rings. The molecule has 0 saturated carbocycles. The van der Waals surface area contributed by atoms with E-state index < -0.39 is 11.6 Å². The Bertz CT molecular complexity index is 1270. The largest absolute Gasteiger partial charge is 0.396 e. The molecular weight excluding hydrogens is 408 g/mol. The van der Waals surface area contributed by atoms with Gasteiger partial charge in [-0.2, -0.15) is 0 Å². The maximum Gasteiger partial charge on any atom is 0.227 e. The molecule has 0 aliphatic heterocycles. The number of rotatable bonds is 5. The van der Waals surface area contributed by atoms with Crippen molar-refractivity contribution in [2.75, 3.05) is 11.9 Å². The molecule has 0 amide bonds. The summed E-state index contributed by atoms with van der Waals surface area (Å²) in [6.45, 7) is 0.117. The van der Waals surface area contributed by atoms with Crippen LogP contribution >= 0.6 is 0 Å². The molecule has 5 rings (SSSR count). The van der Waals surface area contributed by atoms with E-state index in [2.05, 4.69) is 10.3 Å². The van der Waals surface area contributed by atoms with Gasteiger partial charge in [-0.3, -0.25) is 0 Å². The number of aliphatic hydroxyl groups excluding tert-OH is 1. The first-order chi connectivity index (χ1) is 15.6. The molecule has 1 aliphatic rings. The normalized spacial score (nSPS) is 14.5. The maximum atomic E-state index is 13.9. The van der Waals surface area contributed by atoms with Gasteiger partial charge in [0.05, 0.1) is 5.69 Å². The second-order valence-corrected chi connectivity index (χ2v) is 7.88. The average molecular weight is 429 g/mol. The van der Waals surface area contributed by atoms with Crippen LogP contribution in [0.1, 0.15) is 28.2 Å².